The Morgan fingerprint density at radius 1 is 1.00 bits per heavy atom. The number of hydrogen-bond donors (Lipinski definition) is 1. The average molecular weight is 453 g/mol. The Morgan fingerprint density at radius 3 is 2.25 bits per heavy atom. The molecule has 6 nitrogen and oxygen atoms in total. The van der Waals surface area contributed by atoms with Crippen LogP contribution >= 0.6 is 0 Å². The van der Waals surface area contributed by atoms with Gasteiger partial charge in [-0.3, -0.25) is 9.10 Å². The highest BCUT2D eigenvalue weighted by Crippen LogP contribution is 2.27. The molecular formula is C25H28N2O4S. The van der Waals surface area contributed by atoms with Crippen LogP contribution in [0.1, 0.15) is 41.4 Å². The van der Waals surface area contributed by atoms with Crippen molar-refractivity contribution < 1.29 is 17.9 Å². The van der Waals surface area contributed by atoms with Gasteiger partial charge in [-0.1, -0.05) is 42.0 Å². The molecule has 0 heterocycles. The number of nitrogens with one attached hydrogen (secondary N) is 1. The molecule has 0 saturated heterocycles. The molecule has 0 aromatic heterocycles. The lowest BCUT2D eigenvalue weighted by atomic mass is 10.1. The van der Waals surface area contributed by atoms with Crippen LogP contribution in [0, 0.1) is 6.92 Å². The van der Waals surface area contributed by atoms with E-state index >= 15 is 0 Å². The second kappa shape index (κ2) is 9.87. The van der Waals surface area contributed by atoms with Gasteiger partial charge in [-0.2, -0.15) is 0 Å². The molecular weight excluding hydrogens is 424 g/mol. The minimum Gasteiger partial charge on any atom is -0.494 e. The lowest BCUT2D eigenvalue weighted by Gasteiger charge is -2.23. The smallest absolute Gasteiger partial charge is 0.264 e. The zero-order valence-corrected chi connectivity index (χ0v) is 19.5. The van der Waals surface area contributed by atoms with Crippen LogP contribution in [-0.4, -0.2) is 28.0 Å². The fourth-order valence-electron chi connectivity index (χ4n) is 3.32. The number of carbonyl (C=O) groups excluding carboxylic acids is 1. The van der Waals surface area contributed by atoms with Gasteiger partial charge in [0, 0.05) is 7.05 Å². The molecule has 168 valence electrons. The van der Waals surface area contributed by atoms with Gasteiger partial charge in [0.2, 0.25) is 0 Å². The van der Waals surface area contributed by atoms with Crippen LogP contribution in [0.3, 0.4) is 0 Å². The van der Waals surface area contributed by atoms with Gasteiger partial charge in [-0.15, -0.1) is 0 Å². The van der Waals surface area contributed by atoms with Crippen LogP contribution in [-0.2, 0) is 10.0 Å². The van der Waals surface area contributed by atoms with E-state index < -0.39 is 10.0 Å². The van der Waals surface area contributed by atoms with Gasteiger partial charge in [0.1, 0.15) is 5.75 Å². The topological polar surface area (TPSA) is 75.7 Å². The summed E-state index contributed by atoms with van der Waals surface area (Å²) < 4.78 is 32.9. The molecule has 0 aliphatic heterocycles. The summed E-state index contributed by atoms with van der Waals surface area (Å²) in [4.78, 5) is 13.2. The number of hydrogen-bond acceptors (Lipinski definition) is 4. The molecule has 0 fully saturated rings. The van der Waals surface area contributed by atoms with E-state index in [1.54, 1.807) is 48.5 Å². The summed E-state index contributed by atoms with van der Waals surface area (Å²) in [5.74, 6) is 0.413. The van der Waals surface area contributed by atoms with Crippen LogP contribution in [0.5, 0.6) is 5.75 Å². The SMILES string of the molecule is CCOc1ccc([C@@H](C)NC(=O)c2ccccc2N(C)S(=O)(=O)c2ccc(C)cc2)cc1. The number of rotatable bonds is 8. The molecule has 0 bridgehead atoms. The molecule has 0 unspecified atom stereocenters. The number of ether oxygens (including phenoxy) is 1. The maximum atomic E-state index is 13.1. The van der Waals surface area contributed by atoms with E-state index in [2.05, 4.69) is 5.32 Å². The van der Waals surface area contributed by atoms with Crippen molar-refractivity contribution in [3.05, 3.63) is 89.5 Å². The van der Waals surface area contributed by atoms with Crippen molar-refractivity contribution in [2.24, 2.45) is 0 Å². The summed E-state index contributed by atoms with van der Waals surface area (Å²) >= 11 is 0. The summed E-state index contributed by atoms with van der Waals surface area (Å²) in [6.07, 6.45) is 0. The molecule has 1 amide bonds. The number of nitrogens with zero attached hydrogens (tertiary/aromatic N) is 1. The van der Waals surface area contributed by atoms with Crippen LogP contribution < -0.4 is 14.4 Å². The van der Waals surface area contributed by atoms with Gasteiger partial charge < -0.3 is 10.1 Å². The lowest BCUT2D eigenvalue weighted by molar-refractivity contribution is 0.0940. The van der Waals surface area contributed by atoms with Crippen molar-refractivity contribution >= 4 is 21.6 Å². The van der Waals surface area contributed by atoms with Gasteiger partial charge in [-0.05, 0) is 62.7 Å². The van der Waals surface area contributed by atoms with Crippen LogP contribution in [0.25, 0.3) is 0 Å². The fraction of sp³-hybridized carbons (Fsp3) is 0.240. The Labute approximate surface area is 189 Å². The highest BCUT2D eigenvalue weighted by atomic mass is 32.2. The maximum Gasteiger partial charge on any atom is 0.264 e. The summed E-state index contributed by atoms with van der Waals surface area (Å²) in [7, 11) is -2.36. The van der Waals surface area contributed by atoms with Gasteiger partial charge in [0.05, 0.1) is 28.8 Å². The van der Waals surface area contributed by atoms with Crippen molar-refractivity contribution in [1.82, 2.24) is 5.32 Å². The molecule has 32 heavy (non-hydrogen) atoms. The number of aryl methyl sites for hydroxylation is 1. The van der Waals surface area contributed by atoms with Gasteiger partial charge >= 0.3 is 0 Å². The normalized spacial score (nSPS) is 12.1. The minimum atomic E-state index is -3.82. The third-order valence-electron chi connectivity index (χ3n) is 5.21. The third-order valence-corrected chi connectivity index (χ3v) is 6.99. The first-order valence-corrected chi connectivity index (χ1v) is 11.9. The standard InChI is InChI=1S/C25H28N2O4S/c1-5-31-21-14-12-20(13-15-21)19(3)26-25(28)23-8-6-7-9-24(23)27(4)32(29,30)22-16-10-18(2)11-17-22/h6-17,19H,5H2,1-4H3,(H,26,28)/t19-/m1/s1. The van der Waals surface area contributed by atoms with Crippen molar-refractivity contribution in [3.8, 4) is 5.75 Å². The van der Waals surface area contributed by atoms with E-state index in [-0.39, 0.29) is 22.4 Å². The molecule has 3 rings (SSSR count). The number of carbonyl (C=O) groups is 1. The van der Waals surface area contributed by atoms with E-state index in [0.29, 0.717) is 12.3 Å². The van der Waals surface area contributed by atoms with Gasteiger partial charge in [0.15, 0.2) is 0 Å². The first-order chi connectivity index (χ1) is 15.2. The van der Waals surface area contributed by atoms with Crippen molar-refractivity contribution in [3.63, 3.8) is 0 Å². The quantitative estimate of drug-likeness (QED) is 0.537. The van der Waals surface area contributed by atoms with E-state index in [0.717, 1.165) is 21.2 Å². The van der Waals surface area contributed by atoms with Crippen molar-refractivity contribution in [1.29, 1.82) is 0 Å². The molecule has 3 aromatic rings. The van der Waals surface area contributed by atoms with E-state index in [4.69, 9.17) is 4.74 Å². The van der Waals surface area contributed by atoms with Crippen LogP contribution in [0.15, 0.2) is 77.7 Å². The van der Waals surface area contributed by atoms with E-state index in [1.807, 2.05) is 45.0 Å². The minimum absolute atomic E-state index is 0.170. The highest BCUT2D eigenvalue weighted by molar-refractivity contribution is 7.92. The molecule has 0 spiro atoms. The Balaban J connectivity index is 1.83. The molecule has 0 radical (unpaired) electrons. The van der Waals surface area contributed by atoms with Crippen molar-refractivity contribution in [2.45, 2.75) is 31.7 Å². The molecule has 1 atom stereocenters. The molecule has 3 aromatic carbocycles. The molecule has 0 aliphatic rings. The molecule has 0 aliphatic carbocycles. The van der Waals surface area contributed by atoms with E-state index in [1.165, 1.54) is 7.05 Å². The van der Waals surface area contributed by atoms with Gasteiger partial charge in [0.25, 0.3) is 15.9 Å². The monoisotopic (exact) mass is 452 g/mol. The lowest BCUT2D eigenvalue weighted by Crippen LogP contribution is -2.31. The zero-order valence-electron chi connectivity index (χ0n) is 18.7. The largest absolute Gasteiger partial charge is 0.494 e. The zero-order chi connectivity index (χ0) is 23.3. The summed E-state index contributed by atoms with van der Waals surface area (Å²) in [5.41, 5.74) is 2.47. The second-order valence-electron chi connectivity index (χ2n) is 7.50. The molecule has 0 saturated carbocycles. The number of sulfonamides is 1. The highest BCUT2D eigenvalue weighted by Gasteiger charge is 2.25. The van der Waals surface area contributed by atoms with Crippen molar-refractivity contribution in [2.75, 3.05) is 18.0 Å². The maximum absolute atomic E-state index is 13.1. The number of anilines is 1. The summed E-state index contributed by atoms with van der Waals surface area (Å²) in [6.45, 7) is 6.28. The van der Waals surface area contributed by atoms with Crippen LogP contribution in [0.2, 0.25) is 0 Å². The van der Waals surface area contributed by atoms with Crippen LogP contribution in [0.4, 0.5) is 5.69 Å². The Kier molecular flexibility index (Phi) is 7.20. The second-order valence-corrected chi connectivity index (χ2v) is 9.47. The third kappa shape index (κ3) is 5.11. The fourth-order valence-corrected chi connectivity index (χ4v) is 4.53. The summed E-state index contributed by atoms with van der Waals surface area (Å²) in [6, 6.07) is 20.5. The Morgan fingerprint density at radius 2 is 1.62 bits per heavy atom. The number of benzene rings is 3. The predicted octanol–water partition coefficient (Wildman–Crippen LogP) is 4.71. The predicted molar refractivity (Wildman–Crippen MR) is 127 cm³/mol. The number of amides is 1. The molecule has 1 N–H and O–H groups in total. The Hall–Kier alpha value is -3.32. The van der Waals surface area contributed by atoms with E-state index in [9.17, 15) is 13.2 Å². The summed E-state index contributed by atoms with van der Waals surface area (Å²) in [5, 5.41) is 2.96. The Bertz CT molecular complexity index is 1170. The first kappa shape index (κ1) is 23.3. The average Bonchev–Trinajstić information content (AvgIpc) is 2.79. The number of para-hydroxylation sites is 1. The van der Waals surface area contributed by atoms with Gasteiger partial charge in [-0.25, -0.2) is 8.42 Å². The molecule has 7 heteroatoms. The first-order valence-electron chi connectivity index (χ1n) is 10.4.